The Morgan fingerprint density at radius 1 is 1.12 bits per heavy atom. The van der Waals surface area contributed by atoms with Gasteiger partial charge in [0.2, 0.25) is 11.2 Å². The van der Waals surface area contributed by atoms with Gasteiger partial charge < -0.3 is 13.9 Å². The van der Waals surface area contributed by atoms with E-state index in [4.69, 9.17) is 13.9 Å². The molecule has 0 unspecified atom stereocenters. The number of ether oxygens (including phenoxy) is 2. The topological polar surface area (TPSA) is 65.7 Å². The summed E-state index contributed by atoms with van der Waals surface area (Å²) in [5.41, 5.74) is 0.658. The van der Waals surface area contributed by atoms with E-state index in [1.54, 1.807) is 0 Å². The molecule has 0 spiro atoms. The van der Waals surface area contributed by atoms with Crippen LogP contribution in [-0.2, 0) is 22.7 Å². The first-order valence-corrected chi connectivity index (χ1v) is 8.09. The van der Waals surface area contributed by atoms with Crippen LogP contribution >= 0.6 is 0 Å². The smallest absolute Gasteiger partial charge is 0.309 e. The van der Waals surface area contributed by atoms with Crippen LogP contribution in [0.1, 0.15) is 38.0 Å². The van der Waals surface area contributed by atoms with Crippen molar-refractivity contribution >= 4 is 5.97 Å². The molecular formula is C19H22O5. The Balaban J connectivity index is 1.92. The van der Waals surface area contributed by atoms with Crippen LogP contribution in [0.25, 0.3) is 0 Å². The molecule has 0 aliphatic carbocycles. The van der Waals surface area contributed by atoms with Crippen molar-refractivity contribution in [2.75, 3.05) is 0 Å². The third kappa shape index (κ3) is 4.98. The molecule has 0 aliphatic heterocycles. The van der Waals surface area contributed by atoms with Crippen molar-refractivity contribution in [3.05, 3.63) is 64.2 Å². The second-order valence-corrected chi connectivity index (χ2v) is 5.47. The Kier molecular flexibility index (Phi) is 6.61. The second-order valence-electron chi connectivity index (χ2n) is 5.47. The van der Waals surface area contributed by atoms with E-state index in [0.29, 0.717) is 5.76 Å². The van der Waals surface area contributed by atoms with Crippen molar-refractivity contribution in [3.8, 4) is 5.75 Å². The highest BCUT2D eigenvalue weighted by Gasteiger charge is 2.16. The number of hydrogen-bond acceptors (Lipinski definition) is 5. The Hall–Kier alpha value is -2.56. The summed E-state index contributed by atoms with van der Waals surface area (Å²) in [5, 5.41) is 0. The van der Waals surface area contributed by atoms with Crippen LogP contribution in [0.15, 0.2) is 51.9 Å². The van der Waals surface area contributed by atoms with Crippen LogP contribution in [0.5, 0.6) is 5.75 Å². The molecule has 1 aromatic heterocycles. The molecular weight excluding hydrogens is 308 g/mol. The molecule has 24 heavy (non-hydrogen) atoms. The quantitative estimate of drug-likeness (QED) is 0.691. The van der Waals surface area contributed by atoms with Crippen LogP contribution in [0.4, 0.5) is 0 Å². The standard InChI is InChI=1S/C19H22O5/c1-3-15(4-2)19(21)24-12-16-10-17(20)18(13-22-16)23-11-14-8-6-5-7-9-14/h5-10,13,15H,3-4,11-12H2,1-2H3. The largest absolute Gasteiger partial charge is 0.482 e. The van der Waals surface area contributed by atoms with Crippen LogP contribution in [0, 0.1) is 5.92 Å². The van der Waals surface area contributed by atoms with Crippen LogP contribution in [-0.4, -0.2) is 5.97 Å². The van der Waals surface area contributed by atoms with Gasteiger partial charge >= 0.3 is 5.97 Å². The zero-order chi connectivity index (χ0) is 17.4. The van der Waals surface area contributed by atoms with Gasteiger partial charge in [0.05, 0.1) is 5.92 Å². The first-order valence-electron chi connectivity index (χ1n) is 8.09. The van der Waals surface area contributed by atoms with E-state index in [0.717, 1.165) is 18.4 Å². The molecule has 0 radical (unpaired) electrons. The maximum absolute atomic E-state index is 12.0. The molecule has 0 saturated carbocycles. The summed E-state index contributed by atoms with van der Waals surface area (Å²) in [6, 6.07) is 10.8. The lowest BCUT2D eigenvalue weighted by molar-refractivity contribution is -0.150. The lowest BCUT2D eigenvalue weighted by Crippen LogP contribution is -2.16. The molecule has 0 bridgehead atoms. The molecule has 1 aromatic carbocycles. The minimum absolute atomic E-state index is 0.0520. The lowest BCUT2D eigenvalue weighted by atomic mass is 10.0. The lowest BCUT2D eigenvalue weighted by Gasteiger charge is -2.11. The molecule has 5 heteroatoms. The third-order valence-corrected chi connectivity index (χ3v) is 3.77. The van der Waals surface area contributed by atoms with Crippen LogP contribution < -0.4 is 10.2 Å². The molecule has 5 nitrogen and oxygen atoms in total. The number of benzene rings is 1. The van der Waals surface area contributed by atoms with Crippen LogP contribution in [0.3, 0.4) is 0 Å². The van der Waals surface area contributed by atoms with E-state index < -0.39 is 0 Å². The first kappa shape index (κ1) is 17.8. The molecule has 0 N–H and O–H groups in total. The predicted molar refractivity (Wildman–Crippen MR) is 89.6 cm³/mol. The van der Waals surface area contributed by atoms with Gasteiger partial charge in [-0.1, -0.05) is 44.2 Å². The molecule has 1 heterocycles. The molecule has 0 atom stereocenters. The highest BCUT2D eigenvalue weighted by Crippen LogP contribution is 2.13. The van der Waals surface area contributed by atoms with Gasteiger partial charge in [0.1, 0.15) is 25.2 Å². The maximum atomic E-state index is 12.0. The van der Waals surface area contributed by atoms with Gasteiger partial charge in [0, 0.05) is 6.07 Å². The van der Waals surface area contributed by atoms with Crippen molar-refractivity contribution in [2.45, 2.75) is 39.9 Å². The SMILES string of the molecule is CCC(CC)C(=O)OCc1cc(=O)c(OCc2ccccc2)co1. The summed E-state index contributed by atoms with van der Waals surface area (Å²) in [5.74, 6) is 0.0394. The number of hydrogen-bond donors (Lipinski definition) is 0. The van der Waals surface area contributed by atoms with Crippen molar-refractivity contribution in [2.24, 2.45) is 5.92 Å². The van der Waals surface area contributed by atoms with Gasteiger partial charge in [-0.15, -0.1) is 0 Å². The minimum Gasteiger partial charge on any atom is -0.482 e. The van der Waals surface area contributed by atoms with Crippen molar-refractivity contribution in [1.29, 1.82) is 0 Å². The number of carbonyl (C=O) groups is 1. The molecule has 0 aliphatic rings. The van der Waals surface area contributed by atoms with Gasteiger partial charge in [-0.2, -0.15) is 0 Å². The summed E-state index contributed by atoms with van der Waals surface area (Å²) in [6.45, 7) is 4.11. The second kappa shape index (κ2) is 8.91. The summed E-state index contributed by atoms with van der Waals surface area (Å²) < 4.78 is 16.0. The average Bonchev–Trinajstić information content (AvgIpc) is 2.61. The van der Waals surface area contributed by atoms with Gasteiger partial charge in [0.25, 0.3) is 0 Å². The number of carbonyl (C=O) groups excluding carboxylic acids is 1. The third-order valence-electron chi connectivity index (χ3n) is 3.77. The Bertz CT molecular complexity index is 701. The Morgan fingerprint density at radius 2 is 1.83 bits per heavy atom. The van der Waals surface area contributed by atoms with E-state index in [-0.39, 0.29) is 36.3 Å². The normalized spacial score (nSPS) is 10.6. The molecule has 128 valence electrons. The van der Waals surface area contributed by atoms with Crippen molar-refractivity contribution in [3.63, 3.8) is 0 Å². The van der Waals surface area contributed by atoms with E-state index in [2.05, 4.69) is 0 Å². The van der Waals surface area contributed by atoms with E-state index in [1.807, 2.05) is 44.2 Å². The fourth-order valence-corrected chi connectivity index (χ4v) is 2.24. The number of esters is 1. The van der Waals surface area contributed by atoms with E-state index in [9.17, 15) is 9.59 Å². The summed E-state index contributed by atoms with van der Waals surface area (Å²) in [6.07, 6.45) is 2.71. The van der Waals surface area contributed by atoms with Gasteiger partial charge in [-0.3, -0.25) is 9.59 Å². The van der Waals surface area contributed by atoms with Gasteiger partial charge in [0.15, 0.2) is 0 Å². The van der Waals surface area contributed by atoms with Crippen LogP contribution in [0.2, 0.25) is 0 Å². The fourth-order valence-electron chi connectivity index (χ4n) is 2.24. The summed E-state index contributed by atoms with van der Waals surface area (Å²) in [4.78, 5) is 23.8. The van der Waals surface area contributed by atoms with Gasteiger partial charge in [-0.25, -0.2) is 0 Å². The maximum Gasteiger partial charge on any atom is 0.309 e. The summed E-state index contributed by atoms with van der Waals surface area (Å²) >= 11 is 0. The highest BCUT2D eigenvalue weighted by molar-refractivity contribution is 5.72. The number of rotatable bonds is 8. The molecule has 2 aromatic rings. The Morgan fingerprint density at radius 3 is 2.46 bits per heavy atom. The molecule has 2 rings (SSSR count). The van der Waals surface area contributed by atoms with Crippen molar-refractivity contribution < 1.29 is 18.7 Å². The molecule has 0 amide bonds. The molecule has 0 saturated heterocycles. The fraction of sp³-hybridized carbons (Fsp3) is 0.368. The highest BCUT2D eigenvalue weighted by atomic mass is 16.5. The summed E-state index contributed by atoms with van der Waals surface area (Å²) in [7, 11) is 0. The van der Waals surface area contributed by atoms with E-state index >= 15 is 0 Å². The van der Waals surface area contributed by atoms with E-state index in [1.165, 1.54) is 12.3 Å². The monoisotopic (exact) mass is 330 g/mol. The molecule has 0 fully saturated rings. The predicted octanol–water partition coefficient (Wildman–Crippen LogP) is 3.70. The Labute approximate surface area is 141 Å². The minimum atomic E-state index is -0.300. The average molecular weight is 330 g/mol. The van der Waals surface area contributed by atoms with Crippen molar-refractivity contribution in [1.82, 2.24) is 0 Å². The zero-order valence-corrected chi connectivity index (χ0v) is 14.0. The first-order chi connectivity index (χ1) is 11.6. The van der Waals surface area contributed by atoms with Gasteiger partial charge in [-0.05, 0) is 18.4 Å². The zero-order valence-electron chi connectivity index (χ0n) is 14.0.